The fourth-order valence-electron chi connectivity index (χ4n) is 1.91. The highest BCUT2D eigenvalue weighted by Gasteiger charge is 2.02. The summed E-state index contributed by atoms with van der Waals surface area (Å²) >= 11 is 15.2. The van der Waals surface area contributed by atoms with Crippen LogP contribution in [0.2, 0.25) is 10.0 Å². The Morgan fingerprint density at radius 1 is 0.800 bits per heavy atom. The van der Waals surface area contributed by atoms with E-state index in [1.54, 1.807) is 0 Å². The van der Waals surface area contributed by atoms with Gasteiger partial charge in [-0.3, -0.25) is 0 Å². The van der Waals surface area contributed by atoms with E-state index in [-0.39, 0.29) is 0 Å². The van der Waals surface area contributed by atoms with Gasteiger partial charge < -0.3 is 0 Å². The van der Waals surface area contributed by atoms with E-state index in [0.29, 0.717) is 0 Å². The van der Waals surface area contributed by atoms with Crippen LogP contribution in [-0.2, 0) is 5.33 Å². The van der Waals surface area contributed by atoms with Crippen LogP contribution >= 0.6 is 39.1 Å². The molecule has 0 aromatic heterocycles. The van der Waals surface area contributed by atoms with Crippen LogP contribution in [0.1, 0.15) is 27.8 Å². The molecular formula is C17H19BrCl2. The molecule has 2 aromatic carbocycles. The zero-order valence-corrected chi connectivity index (χ0v) is 15.3. The Morgan fingerprint density at radius 3 is 1.85 bits per heavy atom. The van der Waals surface area contributed by atoms with Crippen LogP contribution in [-0.4, -0.2) is 0 Å². The van der Waals surface area contributed by atoms with E-state index in [2.05, 4.69) is 48.8 Å². The van der Waals surface area contributed by atoms with Gasteiger partial charge in [-0.25, -0.2) is 0 Å². The quantitative estimate of drug-likeness (QED) is 0.481. The molecule has 0 unspecified atom stereocenters. The van der Waals surface area contributed by atoms with Crippen molar-refractivity contribution in [1.82, 2.24) is 0 Å². The van der Waals surface area contributed by atoms with Crippen LogP contribution in [0.4, 0.5) is 0 Å². The summed E-state index contributed by atoms with van der Waals surface area (Å²) in [7, 11) is 0. The predicted molar refractivity (Wildman–Crippen MR) is 94.5 cm³/mol. The van der Waals surface area contributed by atoms with E-state index < -0.39 is 0 Å². The Morgan fingerprint density at radius 2 is 1.40 bits per heavy atom. The average Bonchev–Trinajstić information content (AvgIpc) is 2.34. The third-order valence-corrected chi connectivity index (χ3v) is 4.33. The Kier molecular flexibility index (Phi) is 7.08. The summed E-state index contributed by atoms with van der Waals surface area (Å²) < 4.78 is 0. The Bertz CT molecular complexity index is 569. The van der Waals surface area contributed by atoms with Gasteiger partial charge in [0, 0.05) is 15.4 Å². The number of hydrogen-bond donors (Lipinski definition) is 0. The fraction of sp³-hybridized carbons (Fsp3) is 0.294. The van der Waals surface area contributed by atoms with E-state index in [9.17, 15) is 0 Å². The molecule has 0 aliphatic heterocycles. The number of alkyl halides is 1. The normalized spacial score (nSPS) is 9.95. The number of aryl methyl sites for hydroxylation is 4. The number of benzene rings is 2. The zero-order valence-electron chi connectivity index (χ0n) is 12.2. The molecule has 0 amide bonds. The first-order chi connectivity index (χ1) is 9.35. The molecule has 0 nitrogen and oxygen atoms in total. The van der Waals surface area contributed by atoms with Gasteiger partial charge in [-0.15, -0.1) is 0 Å². The molecule has 0 saturated heterocycles. The van der Waals surface area contributed by atoms with E-state index in [1.807, 2.05) is 25.1 Å². The minimum atomic E-state index is 0.831. The molecule has 0 aliphatic carbocycles. The van der Waals surface area contributed by atoms with Gasteiger partial charge in [-0.1, -0.05) is 62.9 Å². The standard InChI is InChI=1S/C9H10BrCl.C8H9Cl/c1-6-3-7(2)8(5-10)9(11)4-6;1-6-3-4-8(9)7(2)5-6/h3-4H,5H2,1-2H3;3-5H,1-2H3. The summed E-state index contributed by atoms with van der Waals surface area (Å²) in [5.41, 5.74) is 6.08. The molecule has 2 rings (SSSR count). The van der Waals surface area contributed by atoms with Gasteiger partial charge in [0.25, 0.3) is 0 Å². The zero-order chi connectivity index (χ0) is 15.3. The highest BCUT2D eigenvalue weighted by Crippen LogP contribution is 2.23. The van der Waals surface area contributed by atoms with E-state index >= 15 is 0 Å². The van der Waals surface area contributed by atoms with Crippen LogP contribution in [0.15, 0.2) is 30.3 Å². The SMILES string of the molecule is Cc1cc(C)c(CBr)c(Cl)c1.Cc1ccc(Cl)c(C)c1. The first-order valence-corrected chi connectivity index (χ1v) is 8.27. The van der Waals surface area contributed by atoms with Gasteiger partial charge in [-0.05, 0) is 62.1 Å². The van der Waals surface area contributed by atoms with E-state index in [1.165, 1.54) is 22.3 Å². The maximum absolute atomic E-state index is 6.00. The van der Waals surface area contributed by atoms with Gasteiger partial charge in [-0.2, -0.15) is 0 Å². The predicted octanol–water partition coefficient (Wildman–Crippen LogP) is 6.81. The molecule has 0 radical (unpaired) electrons. The minimum Gasteiger partial charge on any atom is -0.0876 e. The van der Waals surface area contributed by atoms with E-state index in [0.717, 1.165) is 20.9 Å². The second-order valence-corrected chi connectivity index (χ2v) is 6.30. The molecule has 0 bridgehead atoms. The first kappa shape index (κ1) is 17.6. The lowest BCUT2D eigenvalue weighted by Crippen LogP contribution is -1.87. The molecule has 3 heteroatoms. The molecule has 20 heavy (non-hydrogen) atoms. The lowest BCUT2D eigenvalue weighted by Gasteiger charge is -2.05. The second-order valence-electron chi connectivity index (χ2n) is 4.93. The Balaban J connectivity index is 0.000000204. The fourth-order valence-corrected chi connectivity index (χ4v) is 3.32. The van der Waals surface area contributed by atoms with Crippen molar-refractivity contribution in [3.8, 4) is 0 Å². The van der Waals surface area contributed by atoms with Crippen molar-refractivity contribution in [3.05, 3.63) is 68.2 Å². The molecule has 0 heterocycles. The topological polar surface area (TPSA) is 0 Å². The molecular weight excluding hydrogens is 355 g/mol. The summed E-state index contributed by atoms with van der Waals surface area (Å²) in [6.07, 6.45) is 0. The first-order valence-electron chi connectivity index (χ1n) is 6.39. The largest absolute Gasteiger partial charge is 0.0876 e. The summed E-state index contributed by atoms with van der Waals surface area (Å²) in [6, 6.07) is 10.1. The van der Waals surface area contributed by atoms with Crippen molar-refractivity contribution in [2.75, 3.05) is 0 Å². The third kappa shape index (κ3) is 5.12. The number of hydrogen-bond acceptors (Lipinski definition) is 0. The summed E-state index contributed by atoms with van der Waals surface area (Å²) in [5.74, 6) is 0. The van der Waals surface area contributed by atoms with Crippen LogP contribution in [0.25, 0.3) is 0 Å². The maximum Gasteiger partial charge on any atom is 0.0451 e. The smallest absolute Gasteiger partial charge is 0.0451 e. The van der Waals surface area contributed by atoms with Gasteiger partial charge in [0.1, 0.15) is 0 Å². The average molecular weight is 374 g/mol. The Labute approximate surface area is 140 Å². The minimum absolute atomic E-state index is 0.831. The van der Waals surface area contributed by atoms with Crippen molar-refractivity contribution in [2.24, 2.45) is 0 Å². The molecule has 108 valence electrons. The summed E-state index contributed by atoms with van der Waals surface area (Å²) in [4.78, 5) is 0. The van der Waals surface area contributed by atoms with Crippen molar-refractivity contribution < 1.29 is 0 Å². The van der Waals surface area contributed by atoms with Crippen molar-refractivity contribution in [1.29, 1.82) is 0 Å². The van der Waals surface area contributed by atoms with Gasteiger partial charge >= 0.3 is 0 Å². The molecule has 0 spiro atoms. The van der Waals surface area contributed by atoms with Crippen LogP contribution in [0.3, 0.4) is 0 Å². The molecule has 0 N–H and O–H groups in total. The molecule has 2 aromatic rings. The van der Waals surface area contributed by atoms with Gasteiger partial charge in [0.05, 0.1) is 0 Å². The maximum atomic E-state index is 6.00. The molecule has 0 atom stereocenters. The monoisotopic (exact) mass is 372 g/mol. The van der Waals surface area contributed by atoms with Gasteiger partial charge in [0.2, 0.25) is 0 Å². The number of halogens is 3. The van der Waals surface area contributed by atoms with Crippen molar-refractivity contribution >= 4 is 39.1 Å². The van der Waals surface area contributed by atoms with Crippen LogP contribution in [0.5, 0.6) is 0 Å². The number of rotatable bonds is 1. The van der Waals surface area contributed by atoms with E-state index in [4.69, 9.17) is 23.2 Å². The third-order valence-electron chi connectivity index (χ3n) is 3.01. The second kappa shape index (κ2) is 8.07. The summed E-state index contributed by atoms with van der Waals surface area (Å²) in [5, 5.41) is 2.54. The van der Waals surface area contributed by atoms with Crippen molar-refractivity contribution in [3.63, 3.8) is 0 Å². The van der Waals surface area contributed by atoms with Gasteiger partial charge in [0.15, 0.2) is 0 Å². The lowest BCUT2D eigenvalue weighted by atomic mass is 10.1. The molecule has 0 fully saturated rings. The molecule has 0 aliphatic rings. The Hall–Kier alpha value is -0.500. The lowest BCUT2D eigenvalue weighted by molar-refractivity contribution is 1.28. The van der Waals surface area contributed by atoms with Crippen LogP contribution in [0, 0.1) is 27.7 Å². The highest BCUT2D eigenvalue weighted by atomic mass is 79.9. The van der Waals surface area contributed by atoms with Crippen LogP contribution < -0.4 is 0 Å². The summed E-state index contributed by atoms with van der Waals surface area (Å²) in [6.45, 7) is 8.20. The highest BCUT2D eigenvalue weighted by molar-refractivity contribution is 9.08. The van der Waals surface area contributed by atoms with Crippen molar-refractivity contribution in [2.45, 2.75) is 33.0 Å². The molecule has 0 saturated carbocycles.